The summed E-state index contributed by atoms with van der Waals surface area (Å²) < 4.78 is 14.5. The molecule has 1 atom stereocenters. The summed E-state index contributed by atoms with van der Waals surface area (Å²) in [5.74, 6) is -2.86. The SMILES string of the molecule is CC(C)C(=O)C1=C(O)C(=O)N(c2cccc(Cl)c2)C1c1ccccc1F. The van der Waals surface area contributed by atoms with Gasteiger partial charge >= 0.3 is 0 Å². The minimum absolute atomic E-state index is 0.102. The van der Waals surface area contributed by atoms with Crippen molar-refractivity contribution in [3.63, 3.8) is 0 Å². The van der Waals surface area contributed by atoms with Gasteiger partial charge in [0.1, 0.15) is 5.82 Å². The van der Waals surface area contributed by atoms with Crippen LogP contribution < -0.4 is 4.90 Å². The molecule has 2 aromatic carbocycles. The van der Waals surface area contributed by atoms with Crippen LogP contribution in [-0.4, -0.2) is 16.8 Å². The lowest BCUT2D eigenvalue weighted by Crippen LogP contribution is -2.32. The highest BCUT2D eigenvalue weighted by atomic mass is 35.5. The standard InChI is InChI=1S/C20H17ClFNO3/c1-11(2)18(24)16-17(14-8-3-4-9-15(14)22)23(20(26)19(16)25)13-7-5-6-12(21)10-13/h3-11,17,25H,1-2H3. The molecule has 1 unspecified atom stereocenters. The zero-order valence-electron chi connectivity index (χ0n) is 14.2. The Morgan fingerprint density at radius 2 is 1.88 bits per heavy atom. The van der Waals surface area contributed by atoms with E-state index in [1.165, 1.54) is 29.2 Å². The summed E-state index contributed by atoms with van der Waals surface area (Å²) in [6.07, 6.45) is 0. The number of benzene rings is 2. The van der Waals surface area contributed by atoms with Crippen LogP contribution >= 0.6 is 11.6 Å². The number of aliphatic hydroxyl groups is 1. The first kappa shape index (κ1) is 18.1. The van der Waals surface area contributed by atoms with Gasteiger partial charge in [-0.3, -0.25) is 14.5 Å². The molecule has 1 heterocycles. The number of hydrogen-bond donors (Lipinski definition) is 1. The van der Waals surface area contributed by atoms with Crippen LogP contribution in [0.4, 0.5) is 10.1 Å². The maximum absolute atomic E-state index is 14.5. The number of hydrogen-bond acceptors (Lipinski definition) is 3. The number of carbonyl (C=O) groups excluding carboxylic acids is 2. The number of nitrogens with zero attached hydrogens (tertiary/aromatic N) is 1. The van der Waals surface area contributed by atoms with Crippen molar-refractivity contribution in [1.82, 2.24) is 0 Å². The normalized spacial score (nSPS) is 17.3. The smallest absolute Gasteiger partial charge is 0.294 e. The zero-order chi connectivity index (χ0) is 19.0. The predicted octanol–water partition coefficient (Wildman–Crippen LogP) is 4.60. The van der Waals surface area contributed by atoms with E-state index >= 15 is 0 Å². The van der Waals surface area contributed by atoms with E-state index in [1.807, 2.05) is 0 Å². The molecule has 0 fully saturated rings. The fourth-order valence-electron chi connectivity index (χ4n) is 3.05. The third kappa shape index (κ3) is 2.99. The van der Waals surface area contributed by atoms with Gasteiger partial charge in [0.05, 0.1) is 11.6 Å². The van der Waals surface area contributed by atoms with Gasteiger partial charge < -0.3 is 5.11 Å². The molecule has 0 spiro atoms. The summed E-state index contributed by atoms with van der Waals surface area (Å²) in [6, 6.07) is 11.3. The highest BCUT2D eigenvalue weighted by Crippen LogP contribution is 2.42. The Bertz CT molecular complexity index is 923. The highest BCUT2D eigenvalue weighted by Gasteiger charge is 2.45. The van der Waals surface area contributed by atoms with Crippen LogP contribution in [-0.2, 0) is 9.59 Å². The van der Waals surface area contributed by atoms with E-state index in [2.05, 4.69) is 0 Å². The van der Waals surface area contributed by atoms with E-state index in [9.17, 15) is 19.1 Å². The van der Waals surface area contributed by atoms with Crippen molar-refractivity contribution < 1.29 is 19.1 Å². The molecule has 1 aliphatic rings. The van der Waals surface area contributed by atoms with Crippen LogP contribution in [0, 0.1) is 11.7 Å². The van der Waals surface area contributed by atoms with E-state index in [0.29, 0.717) is 10.7 Å². The minimum Gasteiger partial charge on any atom is -0.503 e. The van der Waals surface area contributed by atoms with Crippen LogP contribution in [0.15, 0.2) is 59.9 Å². The summed E-state index contributed by atoms with van der Waals surface area (Å²) in [6.45, 7) is 3.32. The molecule has 0 saturated carbocycles. The Morgan fingerprint density at radius 3 is 2.50 bits per heavy atom. The van der Waals surface area contributed by atoms with Crippen LogP contribution in [0.1, 0.15) is 25.5 Å². The summed E-state index contributed by atoms with van der Waals surface area (Å²) >= 11 is 6.03. The van der Waals surface area contributed by atoms with Gasteiger partial charge in [-0.05, 0) is 24.3 Å². The molecule has 3 rings (SSSR count). The van der Waals surface area contributed by atoms with Crippen molar-refractivity contribution in [2.45, 2.75) is 19.9 Å². The fourth-order valence-corrected chi connectivity index (χ4v) is 3.24. The molecule has 0 bridgehead atoms. The van der Waals surface area contributed by atoms with Crippen molar-refractivity contribution >= 4 is 29.0 Å². The van der Waals surface area contributed by atoms with Gasteiger partial charge in [-0.2, -0.15) is 0 Å². The largest absolute Gasteiger partial charge is 0.503 e. The average molecular weight is 374 g/mol. The summed E-state index contributed by atoms with van der Waals surface area (Å²) in [4.78, 5) is 26.6. The zero-order valence-corrected chi connectivity index (χ0v) is 15.0. The molecule has 0 aliphatic carbocycles. The van der Waals surface area contributed by atoms with Crippen molar-refractivity contribution in [2.24, 2.45) is 5.92 Å². The Morgan fingerprint density at radius 1 is 1.19 bits per heavy atom. The lowest BCUT2D eigenvalue weighted by Gasteiger charge is -2.27. The molecule has 1 N–H and O–H groups in total. The number of ketones is 1. The fraction of sp³-hybridized carbons (Fsp3) is 0.200. The second-order valence-electron chi connectivity index (χ2n) is 6.36. The first-order chi connectivity index (χ1) is 12.3. The topological polar surface area (TPSA) is 57.6 Å². The molecule has 0 radical (unpaired) electrons. The van der Waals surface area contributed by atoms with Crippen LogP contribution in [0.5, 0.6) is 0 Å². The van der Waals surface area contributed by atoms with Gasteiger partial charge in [-0.1, -0.05) is 49.7 Å². The second-order valence-corrected chi connectivity index (χ2v) is 6.80. The van der Waals surface area contributed by atoms with Crippen LogP contribution in [0.25, 0.3) is 0 Å². The first-order valence-corrected chi connectivity index (χ1v) is 8.51. The van der Waals surface area contributed by atoms with Crippen molar-refractivity contribution in [3.8, 4) is 0 Å². The molecule has 4 nitrogen and oxygen atoms in total. The van der Waals surface area contributed by atoms with E-state index < -0.39 is 35.2 Å². The quantitative estimate of drug-likeness (QED) is 0.851. The van der Waals surface area contributed by atoms with E-state index in [0.717, 1.165) is 0 Å². The number of aliphatic hydroxyl groups excluding tert-OH is 1. The third-order valence-electron chi connectivity index (χ3n) is 4.28. The number of rotatable bonds is 4. The Hall–Kier alpha value is -2.66. The van der Waals surface area contributed by atoms with Gasteiger partial charge in [0.25, 0.3) is 5.91 Å². The summed E-state index contributed by atoms with van der Waals surface area (Å²) in [5, 5.41) is 10.8. The summed E-state index contributed by atoms with van der Waals surface area (Å²) in [5.41, 5.74) is 0.401. The molecule has 1 amide bonds. The maximum Gasteiger partial charge on any atom is 0.294 e. The molecule has 134 valence electrons. The number of halogens is 2. The number of carbonyl (C=O) groups is 2. The van der Waals surface area contributed by atoms with E-state index in [1.54, 1.807) is 38.1 Å². The maximum atomic E-state index is 14.5. The highest BCUT2D eigenvalue weighted by molar-refractivity contribution is 6.31. The molecule has 0 saturated heterocycles. The van der Waals surface area contributed by atoms with Crippen molar-refractivity contribution in [2.75, 3.05) is 4.90 Å². The van der Waals surface area contributed by atoms with Gasteiger partial charge in [0.15, 0.2) is 11.5 Å². The predicted molar refractivity (Wildman–Crippen MR) is 97.6 cm³/mol. The van der Waals surface area contributed by atoms with Crippen molar-refractivity contribution in [3.05, 3.63) is 76.3 Å². The van der Waals surface area contributed by atoms with Crippen molar-refractivity contribution in [1.29, 1.82) is 0 Å². The van der Waals surface area contributed by atoms with Crippen LogP contribution in [0.3, 0.4) is 0 Å². The minimum atomic E-state index is -1.06. The first-order valence-electron chi connectivity index (χ1n) is 8.13. The lowest BCUT2D eigenvalue weighted by atomic mass is 9.91. The molecule has 6 heteroatoms. The van der Waals surface area contributed by atoms with Gasteiger partial charge in [-0.25, -0.2) is 4.39 Å². The number of Topliss-reactive ketones (excluding diaryl/α,β-unsaturated/α-hetero) is 1. The van der Waals surface area contributed by atoms with Gasteiger partial charge in [0, 0.05) is 22.2 Å². The number of amides is 1. The van der Waals surface area contributed by atoms with E-state index in [-0.39, 0.29) is 11.1 Å². The molecule has 0 aromatic heterocycles. The molecule has 26 heavy (non-hydrogen) atoms. The van der Waals surface area contributed by atoms with Crippen LogP contribution in [0.2, 0.25) is 5.02 Å². The van der Waals surface area contributed by atoms with Gasteiger partial charge in [-0.15, -0.1) is 0 Å². The molecular weight excluding hydrogens is 357 g/mol. The second kappa shape index (κ2) is 6.92. The molecule has 1 aliphatic heterocycles. The Labute approximate surface area is 155 Å². The van der Waals surface area contributed by atoms with Gasteiger partial charge in [0.2, 0.25) is 0 Å². The monoisotopic (exact) mass is 373 g/mol. The summed E-state index contributed by atoms with van der Waals surface area (Å²) in [7, 11) is 0. The lowest BCUT2D eigenvalue weighted by molar-refractivity contribution is -0.119. The van der Waals surface area contributed by atoms with E-state index in [4.69, 9.17) is 11.6 Å². The Kier molecular flexibility index (Phi) is 4.83. The average Bonchev–Trinajstić information content (AvgIpc) is 2.86. The third-order valence-corrected chi connectivity index (χ3v) is 4.52. The Balaban J connectivity index is 2.23. The number of anilines is 1. The molecular formula is C20H17ClFNO3. The molecule has 2 aromatic rings.